The molecule has 1 rings (SSSR count). The zero-order valence-electron chi connectivity index (χ0n) is 9.55. The number of thiophene rings is 1. The summed E-state index contributed by atoms with van der Waals surface area (Å²) in [5.74, 6) is 2.70. The van der Waals surface area contributed by atoms with Crippen LogP contribution in [0.1, 0.15) is 42.7 Å². The van der Waals surface area contributed by atoms with Gasteiger partial charge in [0.2, 0.25) is 0 Å². The predicted octanol–water partition coefficient (Wildman–Crippen LogP) is 3.51. The van der Waals surface area contributed by atoms with Crippen LogP contribution in [0.3, 0.4) is 0 Å². The zero-order valence-corrected chi connectivity index (χ0v) is 10.4. The molecular weight excluding hydrogens is 202 g/mol. The lowest BCUT2D eigenvalue weighted by molar-refractivity contribution is 0.507. The number of nitrogens with one attached hydrogen (secondary N) is 1. The predicted molar refractivity (Wildman–Crippen MR) is 68.2 cm³/mol. The molecule has 1 nitrogen and oxygen atoms in total. The molecule has 0 bridgehead atoms. The molecule has 0 amide bonds. The number of terminal acetylenes is 1. The first-order valence-corrected chi connectivity index (χ1v) is 6.38. The van der Waals surface area contributed by atoms with E-state index in [1.54, 1.807) is 0 Å². The van der Waals surface area contributed by atoms with Crippen molar-refractivity contribution in [1.82, 2.24) is 5.32 Å². The topological polar surface area (TPSA) is 12.0 Å². The van der Waals surface area contributed by atoms with Gasteiger partial charge in [0, 0.05) is 17.3 Å². The first-order chi connectivity index (χ1) is 7.29. The molecule has 2 heteroatoms. The van der Waals surface area contributed by atoms with Crippen molar-refractivity contribution in [1.29, 1.82) is 0 Å². The van der Waals surface area contributed by atoms with Gasteiger partial charge in [-0.2, -0.15) is 0 Å². The second kappa shape index (κ2) is 6.66. The molecule has 0 aliphatic heterocycles. The van der Waals surface area contributed by atoms with Crippen LogP contribution < -0.4 is 5.32 Å². The van der Waals surface area contributed by atoms with Crippen molar-refractivity contribution in [2.45, 2.75) is 39.2 Å². The Kier molecular flexibility index (Phi) is 5.45. The fraction of sp³-hybridized carbons (Fsp3) is 0.538. The second-order valence-corrected chi connectivity index (χ2v) is 4.62. The van der Waals surface area contributed by atoms with Crippen molar-refractivity contribution in [2.24, 2.45) is 0 Å². The number of rotatable bonds is 6. The lowest BCUT2D eigenvalue weighted by Crippen LogP contribution is -2.20. The summed E-state index contributed by atoms with van der Waals surface area (Å²) in [4.78, 5) is 1.47. The Bertz CT molecular complexity index is 322. The van der Waals surface area contributed by atoms with E-state index in [-0.39, 0.29) is 0 Å². The second-order valence-electron chi connectivity index (χ2n) is 3.67. The van der Waals surface area contributed by atoms with E-state index in [1.807, 2.05) is 11.3 Å². The van der Waals surface area contributed by atoms with Crippen LogP contribution >= 0.6 is 11.3 Å². The monoisotopic (exact) mass is 221 g/mol. The zero-order chi connectivity index (χ0) is 11.1. The number of hydrogen-bond donors (Lipinski definition) is 1. The summed E-state index contributed by atoms with van der Waals surface area (Å²) < 4.78 is 0. The van der Waals surface area contributed by atoms with Crippen LogP contribution in [-0.4, -0.2) is 6.54 Å². The van der Waals surface area contributed by atoms with Gasteiger partial charge in [0.05, 0.1) is 0 Å². The molecule has 1 aromatic heterocycles. The van der Waals surface area contributed by atoms with Crippen LogP contribution in [0.2, 0.25) is 0 Å². The standard InChI is InChI=1S/C13H19NS/c1-4-6-7-8-12(14-5-2)13-11(3)9-10-15-13/h1,9-10,12,14H,5-8H2,2-3H3. The van der Waals surface area contributed by atoms with Gasteiger partial charge >= 0.3 is 0 Å². The molecule has 82 valence electrons. The summed E-state index contributed by atoms with van der Waals surface area (Å²) in [5, 5.41) is 5.69. The molecule has 1 heterocycles. The van der Waals surface area contributed by atoms with E-state index in [4.69, 9.17) is 6.42 Å². The lowest BCUT2D eigenvalue weighted by atomic mass is 10.1. The van der Waals surface area contributed by atoms with Gasteiger partial charge < -0.3 is 5.32 Å². The van der Waals surface area contributed by atoms with Crippen LogP contribution in [0, 0.1) is 19.3 Å². The quantitative estimate of drug-likeness (QED) is 0.572. The average Bonchev–Trinajstić information content (AvgIpc) is 2.64. The van der Waals surface area contributed by atoms with E-state index in [0.29, 0.717) is 6.04 Å². The normalized spacial score (nSPS) is 12.3. The highest BCUT2D eigenvalue weighted by Crippen LogP contribution is 2.27. The summed E-state index contributed by atoms with van der Waals surface area (Å²) in [6.07, 6.45) is 8.39. The van der Waals surface area contributed by atoms with Gasteiger partial charge in [-0.05, 0) is 43.3 Å². The molecular formula is C13H19NS. The van der Waals surface area contributed by atoms with Crippen LogP contribution in [-0.2, 0) is 0 Å². The van der Waals surface area contributed by atoms with Gasteiger partial charge in [-0.25, -0.2) is 0 Å². The molecule has 1 atom stereocenters. The van der Waals surface area contributed by atoms with E-state index in [1.165, 1.54) is 10.4 Å². The molecule has 1 unspecified atom stereocenters. The Labute approximate surface area is 96.9 Å². The van der Waals surface area contributed by atoms with E-state index in [9.17, 15) is 0 Å². The minimum Gasteiger partial charge on any atom is -0.310 e. The van der Waals surface area contributed by atoms with Crippen molar-refractivity contribution >= 4 is 11.3 Å². The Balaban J connectivity index is 2.58. The molecule has 0 saturated carbocycles. The van der Waals surface area contributed by atoms with Gasteiger partial charge in [0.25, 0.3) is 0 Å². The molecule has 0 fully saturated rings. The molecule has 15 heavy (non-hydrogen) atoms. The van der Waals surface area contributed by atoms with Crippen molar-refractivity contribution in [3.8, 4) is 12.3 Å². The van der Waals surface area contributed by atoms with Gasteiger partial charge in [0.15, 0.2) is 0 Å². The summed E-state index contributed by atoms with van der Waals surface area (Å²) in [5.41, 5.74) is 1.40. The van der Waals surface area contributed by atoms with Gasteiger partial charge in [0.1, 0.15) is 0 Å². The highest BCUT2D eigenvalue weighted by Gasteiger charge is 2.13. The van der Waals surface area contributed by atoms with E-state index in [0.717, 1.165) is 25.8 Å². The summed E-state index contributed by atoms with van der Waals surface area (Å²) in [6.45, 7) is 5.34. The first-order valence-electron chi connectivity index (χ1n) is 5.50. The van der Waals surface area contributed by atoms with E-state index >= 15 is 0 Å². The molecule has 0 aromatic carbocycles. The summed E-state index contributed by atoms with van der Waals surface area (Å²) in [7, 11) is 0. The van der Waals surface area contributed by atoms with Crippen LogP contribution in [0.25, 0.3) is 0 Å². The summed E-state index contributed by atoms with van der Waals surface area (Å²) in [6, 6.07) is 2.68. The molecule has 0 spiro atoms. The molecule has 0 saturated heterocycles. The highest BCUT2D eigenvalue weighted by molar-refractivity contribution is 7.10. The van der Waals surface area contributed by atoms with Crippen LogP contribution in [0.15, 0.2) is 11.4 Å². The fourth-order valence-electron chi connectivity index (χ4n) is 1.72. The van der Waals surface area contributed by atoms with Gasteiger partial charge in [-0.15, -0.1) is 23.7 Å². The third kappa shape index (κ3) is 3.70. The van der Waals surface area contributed by atoms with Crippen molar-refractivity contribution < 1.29 is 0 Å². The maximum Gasteiger partial charge on any atom is 0.0417 e. The maximum atomic E-state index is 5.27. The molecule has 0 radical (unpaired) electrons. The third-order valence-corrected chi connectivity index (χ3v) is 3.62. The smallest absolute Gasteiger partial charge is 0.0417 e. The fourth-order valence-corrected chi connectivity index (χ4v) is 2.76. The van der Waals surface area contributed by atoms with Gasteiger partial charge in [-0.3, -0.25) is 0 Å². The largest absolute Gasteiger partial charge is 0.310 e. The molecule has 1 aromatic rings. The maximum absolute atomic E-state index is 5.27. The minimum absolute atomic E-state index is 0.489. The first kappa shape index (κ1) is 12.3. The number of hydrogen-bond acceptors (Lipinski definition) is 2. The Hall–Kier alpha value is -0.780. The molecule has 1 N–H and O–H groups in total. The van der Waals surface area contributed by atoms with Crippen molar-refractivity contribution in [2.75, 3.05) is 6.54 Å². The Morgan fingerprint density at radius 2 is 2.40 bits per heavy atom. The molecule has 0 aliphatic rings. The van der Waals surface area contributed by atoms with Crippen molar-refractivity contribution in [3.05, 3.63) is 21.9 Å². The van der Waals surface area contributed by atoms with Crippen LogP contribution in [0.4, 0.5) is 0 Å². The minimum atomic E-state index is 0.489. The number of aryl methyl sites for hydroxylation is 1. The van der Waals surface area contributed by atoms with Crippen LogP contribution in [0.5, 0.6) is 0 Å². The van der Waals surface area contributed by atoms with E-state index < -0.39 is 0 Å². The van der Waals surface area contributed by atoms with Gasteiger partial charge in [-0.1, -0.05) is 6.92 Å². The van der Waals surface area contributed by atoms with Crippen molar-refractivity contribution in [3.63, 3.8) is 0 Å². The third-order valence-electron chi connectivity index (χ3n) is 2.48. The highest BCUT2D eigenvalue weighted by atomic mass is 32.1. The van der Waals surface area contributed by atoms with E-state index in [2.05, 4.69) is 36.5 Å². The molecule has 0 aliphatic carbocycles. The average molecular weight is 221 g/mol. The SMILES string of the molecule is C#CCCCC(NCC)c1sccc1C. The Morgan fingerprint density at radius 3 is 2.93 bits per heavy atom. The lowest BCUT2D eigenvalue weighted by Gasteiger charge is -2.17. The Morgan fingerprint density at radius 1 is 1.60 bits per heavy atom. The summed E-state index contributed by atoms with van der Waals surface area (Å²) >= 11 is 1.84. The number of unbranched alkanes of at least 4 members (excludes halogenated alkanes) is 1.